The van der Waals surface area contributed by atoms with Gasteiger partial charge < -0.3 is 9.47 Å². The predicted molar refractivity (Wildman–Crippen MR) is 52.4 cm³/mol. The zero-order valence-electron chi connectivity index (χ0n) is 7.95. The van der Waals surface area contributed by atoms with Crippen LogP contribution in [0.1, 0.15) is 5.69 Å². The van der Waals surface area contributed by atoms with Crippen molar-refractivity contribution in [3.8, 4) is 0 Å². The number of rotatable bonds is 4. The minimum atomic E-state index is -0.216. The molecule has 1 heterocycles. The Labute approximate surface area is 86.0 Å². The molecule has 0 atom stereocenters. The van der Waals surface area contributed by atoms with E-state index < -0.39 is 0 Å². The third-order valence-corrected chi connectivity index (χ3v) is 2.56. The van der Waals surface area contributed by atoms with Gasteiger partial charge in [0.1, 0.15) is 0 Å². The minimum absolute atomic E-state index is 0.216. The van der Waals surface area contributed by atoms with Gasteiger partial charge in [-0.1, -0.05) is 0 Å². The summed E-state index contributed by atoms with van der Waals surface area (Å²) in [6, 6.07) is 0. The number of hydrogen-bond acceptors (Lipinski definition) is 3. The minimum Gasteiger partial charge on any atom is -0.356 e. The summed E-state index contributed by atoms with van der Waals surface area (Å²) >= 11 is 3.41. The average Bonchev–Trinajstić information content (AvgIpc) is 2.44. The van der Waals surface area contributed by atoms with E-state index in [9.17, 15) is 0 Å². The number of aryl methyl sites for hydroxylation is 1. The lowest BCUT2D eigenvalue weighted by atomic mass is 10.3. The van der Waals surface area contributed by atoms with Gasteiger partial charge in [-0.25, -0.2) is 0 Å². The number of nitrogens with zero attached hydrogens (tertiary/aromatic N) is 2. The highest BCUT2D eigenvalue weighted by molar-refractivity contribution is 9.10. The second-order valence-corrected chi connectivity index (χ2v) is 3.52. The summed E-state index contributed by atoms with van der Waals surface area (Å²) in [6.45, 7) is 0. The van der Waals surface area contributed by atoms with Gasteiger partial charge in [0.25, 0.3) is 0 Å². The predicted octanol–water partition coefficient (Wildman–Crippen LogP) is 1.34. The van der Waals surface area contributed by atoms with Crippen molar-refractivity contribution in [1.82, 2.24) is 9.78 Å². The molecule has 13 heavy (non-hydrogen) atoms. The maximum atomic E-state index is 5.10. The molecule has 0 aromatic carbocycles. The lowest BCUT2D eigenvalue weighted by Gasteiger charge is -2.13. The Hall–Kier alpha value is -0.390. The van der Waals surface area contributed by atoms with Gasteiger partial charge in [-0.05, 0) is 15.9 Å². The molecule has 0 bridgehead atoms. The Kier molecular flexibility index (Phi) is 3.90. The lowest BCUT2D eigenvalue weighted by Crippen LogP contribution is -2.18. The van der Waals surface area contributed by atoms with E-state index in [4.69, 9.17) is 9.47 Å². The van der Waals surface area contributed by atoms with Gasteiger partial charge in [-0.3, -0.25) is 4.68 Å². The Bertz CT molecular complexity index is 252. The van der Waals surface area contributed by atoms with Crippen molar-refractivity contribution < 1.29 is 9.47 Å². The molecular weight excluding hydrogens is 236 g/mol. The molecule has 74 valence electrons. The SMILES string of the molecule is COC(Cc1c(Br)cnn1C)OC. The van der Waals surface area contributed by atoms with Crippen LogP contribution in [0.5, 0.6) is 0 Å². The molecular formula is C8H13BrN2O2. The summed E-state index contributed by atoms with van der Waals surface area (Å²) < 4.78 is 13.0. The average molecular weight is 249 g/mol. The third kappa shape index (κ3) is 2.52. The molecule has 0 saturated heterocycles. The van der Waals surface area contributed by atoms with Crippen LogP contribution in [0.3, 0.4) is 0 Å². The van der Waals surface area contributed by atoms with E-state index in [1.54, 1.807) is 25.1 Å². The first kappa shape index (κ1) is 10.7. The number of hydrogen-bond donors (Lipinski definition) is 0. The fourth-order valence-corrected chi connectivity index (χ4v) is 1.60. The molecule has 0 aliphatic carbocycles. The number of halogens is 1. The van der Waals surface area contributed by atoms with Gasteiger partial charge in [0.15, 0.2) is 6.29 Å². The van der Waals surface area contributed by atoms with Gasteiger partial charge >= 0.3 is 0 Å². The topological polar surface area (TPSA) is 36.3 Å². The molecule has 0 N–H and O–H groups in total. The monoisotopic (exact) mass is 248 g/mol. The van der Waals surface area contributed by atoms with Crippen molar-refractivity contribution in [3.63, 3.8) is 0 Å². The summed E-state index contributed by atoms with van der Waals surface area (Å²) in [5, 5.41) is 4.10. The summed E-state index contributed by atoms with van der Waals surface area (Å²) in [7, 11) is 5.14. The number of ether oxygens (including phenoxy) is 2. The lowest BCUT2D eigenvalue weighted by molar-refractivity contribution is -0.101. The van der Waals surface area contributed by atoms with E-state index in [0.717, 1.165) is 10.2 Å². The first-order chi connectivity index (χ1) is 6.19. The van der Waals surface area contributed by atoms with E-state index in [-0.39, 0.29) is 6.29 Å². The summed E-state index contributed by atoms with van der Waals surface area (Å²) in [6.07, 6.45) is 2.23. The Balaban J connectivity index is 2.72. The van der Waals surface area contributed by atoms with Gasteiger partial charge in [0.05, 0.1) is 16.4 Å². The van der Waals surface area contributed by atoms with Gasteiger partial charge in [-0.15, -0.1) is 0 Å². The maximum absolute atomic E-state index is 5.10. The molecule has 0 aliphatic rings. The molecule has 0 amide bonds. The highest BCUT2D eigenvalue weighted by Gasteiger charge is 2.12. The number of aromatic nitrogens is 2. The highest BCUT2D eigenvalue weighted by atomic mass is 79.9. The van der Waals surface area contributed by atoms with Gasteiger partial charge in [-0.2, -0.15) is 5.10 Å². The second kappa shape index (κ2) is 4.74. The standard InChI is InChI=1S/C8H13BrN2O2/c1-11-7(6(9)5-10-11)4-8(12-2)13-3/h5,8H,4H2,1-3H3. The smallest absolute Gasteiger partial charge is 0.162 e. The molecule has 0 spiro atoms. The largest absolute Gasteiger partial charge is 0.356 e. The van der Waals surface area contributed by atoms with Gasteiger partial charge in [0, 0.05) is 27.7 Å². The van der Waals surface area contributed by atoms with E-state index in [2.05, 4.69) is 21.0 Å². The van der Waals surface area contributed by atoms with E-state index >= 15 is 0 Å². The normalized spacial score (nSPS) is 11.2. The fraction of sp³-hybridized carbons (Fsp3) is 0.625. The van der Waals surface area contributed by atoms with Crippen molar-refractivity contribution >= 4 is 15.9 Å². The quantitative estimate of drug-likeness (QED) is 0.755. The molecule has 1 rings (SSSR count). The van der Waals surface area contributed by atoms with Crippen LogP contribution < -0.4 is 0 Å². The van der Waals surface area contributed by atoms with Crippen molar-refractivity contribution in [2.45, 2.75) is 12.7 Å². The number of methoxy groups -OCH3 is 2. The van der Waals surface area contributed by atoms with Crippen LogP contribution in [0.25, 0.3) is 0 Å². The molecule has 0 fully saturated rings. The zero-order chi connectivity index (χ0) is 9.84. The fourth-order valence-electron chi connectivity index (χ4n) is 1.09. The van der Waals surface area contributed by atoms with Crippen molar-refractivity contribution in [1.29, 1.82) is 0 Å². The van der Waals surface area contributed by atoms with Crippen LogP contribution >= 0.6 is 15.9 Å². The van der Waals surface area contributed by atoms with Crippen LogP contribution in [-0.2, 0) is 22.9 Å². The van der Waals surface area contributed by atoms with Crippen LogP contribution in [0.15, 0.2) is 10.7 Å². The second-order valence-electron chi connectivity index (χ2n) is 2.67. The van der Waals surface area contributed by atoms with Crippen LogP contribution in [0, 0.1) is 0 Å². The van der Waals surface area contributed by atoms with Crippen molar-refractivity contribution in [3.05, 3.63) is 16.4 Å². The van der Waals surface area contributed by atoms with E-state index in [1.807, 2.05) is 7.05 Å². The molecule has 1 aromatic heterocycles. The molecule has 4 nitrogen and oxygen atoms in total. The van der Waals surface area contributed by atoms with Crippen molar-refractivity contribution in [2.24, 2.45) is 7.05 Å². The Morgan fingerprint density at radius 3 is 2.54 bits per heavy atom. The van der Waals surface area contributed by atoms with E-state index in [0.29, 0.717) is 6.42 Å². The summed E-state index contributed by atoms with van der Waals surface area (Å²) in [4.78, 5) is 0. The van der Waals surface area contributed by atoms with Crippen molar-refractivity contribution in [2.75, 3.05) is 14.2 Å². The molecule has 5 heteroatoms. The van der Waals surface area contributed by atoms with Crippen LogP contribution in [0.4, 0.5) is 0 Å². The molecule has 0 saturated carbocycles. The first-order valence-electron chi connectivity index (χ1n) is 3.91. The maximum Gasteiger partial charge on any atom is 0.162 e. The highest BCUT2D eigenvalue weighted by Crippen LogP contribution is 2.17. The van der Waals surface area contributed by atoms with Gasteiger partial charge in [0.2, 0.25) is 0 Å². The molecule has 0 aliphatic heterocycles. The van der Waals surface area contributed by atoms with E-state index in [1.165, 1.54) is 0 Å². The molecule has 1 aromatic rings. The third-order valence-electron chi connectivity index (χ3n) is 1.90. The summed E-state index contributed by atoms with van der Waals surface area (Å²) in [5.41, 5.74) is 1.06. The Morgan fingerprint density at radius 1 is 1.54 bits per heavy atom. The molecule has 0 radical (unpaired) electrons. The van der Waals surface area contributed by atoms with Crippen LogP contribution in [0.2, 0.25) is 0 Å². The zero-order valence-corrected chi connectivity index (χ0v) is 9.54. The summed E-state index contributed by atoms with van der Waals surface area (Å²) in [5.74, 6) is 0. The Morgan fingerprint density at radius 2 is 2.15 bits per heavy atom. The van der Waals surface area contributed by atoms with Crippen LogP contribution in [-0.4, -0.2) is 30.3 Å². The molecule has 0 unspecified atom stereocenters. The first-order valence-corrected chi connectivity index (χ1v) is 4.70.